The Bertz CT molecular complexity index is 416. The molecule has 2 amide bonds. The van der Waals surface area contributed by atoms with Crippen molar-refractivity contribution in [2.45, 2.75) is 58.9 Å². The molecule has 0 radical (unpaired) electrons. The first-order chi connectivity index (χ1) is 9.68. The lowest BCUT2D eigenvalue weighted by atomic mass is 9.76. The SMILES string of the molecule is CC(C)C(C)(CC(=O)N(CC(N)=O)C1CCCC1)C(=O)O. The predicted molar refractivity (Wildman–Crippen MR) is 78.4 cm³/mol. The van der Waals surface area contributed by atoms with E-state index in [1.165, 1.54) is 4.90 Å². The van der Waals surface area contributed by atoms with E-state index in [0.717, 1.165) is 25.7 Å². The second-order valence-electron chi connectivity index (χ2n) is 6.48. The highest BCUT2D eigenvalue weighted by atomic mass is 16.4. The van der Waals surface area contributed by atoms with Gasteiger partial charge in [-0.1, -0.05) is 26.7 Å². The summed E-state index contributed by atoms with van der Waals surface area (Å²) in [5.74, 6) is -2.02. The van der Waals surface area contributed by atoms with Crippen LogP contribution in [0.2, 0.25) is 0 Å². The number of carbonyl (C=O) groups excluding carboxylic acids is 2. The largest absolute Gasteiger partial charge is 0.481 e. The summed E-state index contributed by atoms with van der Waals surface area (Å²) in [7, 11) is 0. The maximum atomic E-state index is 12.5. The van der Waals surface area contributed by atoms with Crippen molar-refractivity contribution in [3.05, 3.63) is 0 Å². The molecule has 0 aromatic rings. The first-order valence-corrected chi connectivity index (χ1v) is 7.49. The second kappa shape index (κ2) is 6.91. The molecular formula is C15H26N2O4. The van der Waals surface area contributed by atoms with Gasteiger partial charge in [0.05, 0.1) is 12.0 Å². The molecule has 1 saturated carbocycles. The van der Waals surface area contributed by atoms with Gasteiger partial charge in [0, 0.05) is 12.5 Å². The van der Waals surface area contributed by atoms with Crippen LogP contribution in [0, 0.1) is 11.3 Å². The monoisotopic (exact) mass is 298 g/mol. The maximum absolute atomic E-state index is 12.5. The van der Waals surface area contributed by atoms with Gasteiger partial charge in [-0.05, 0) is 25.7 Å². The van der Waals surface area contributed by atoms with E-state index < -0.39 is 17.3 Å². The highest BCUT2D eigenvalue weighted by molar-refractivity contribution is 5.88. The third kappa shape index (κ3) is 4.19. The second-order valence-corrected chi connectivity index (χ2v) is 6.48. The van der Waals surface area contributed by atoms with E-state index in [-0.39, 0.29) is 30.8 Å². The van der Waals surface area contributed by atoms with Crippen molar-refractivity contribution in [3.63, 3.8) is 0 Å². The zero-order chi connectivity index (χ0) is 16.2. The van der Waals surface area contributed by atoms with E-state index in [1.54, 1.807) is 20.8 Å². The molecule has 0 aromatic heterocycles. The minimum absolute atomic E-state index is 0.00945. The van der Waals surface area contributed by atoms with Crippen molar-refractivity contribution in [1.29, 1.82) is 0 Å². The predicted octanol–water partition coefficient (Wildman–Crippen LogP) is 1.38. The van der Waals surface area contributed by atoms with E-state index in [1.807, 2.05) is 0 Å². The van der Waals surface area contributed by atoms with Crippen LogP contribution >= 0.6 is 0 Å². The molecule has 1 atom stereocenters. The summed E-state index contributed by atoms with van der Waals surface area (Å²) >= 11 is 0. The molecule has 1 rings (SSSR count). The van der Waals surface area contributed by atoms with Gasteiger partial charge < -0.3 is 15.7 Å². The van der Waals surface area contributed by atoms with Gasteiger partial charge in [-0.15, -0.1) is 0 Å². The molecule has 3 N–H and O–H groups in total. The van der Waals surface area contributed by atoms with E-state index in [4.69, 9.17) is 5.73 Å². The van der Waals surface area contributed by atoms with Crippen molar-refractivity contribution in [2.75, 3.05) is 6.54 Å². The summed E-state index contributed by atoms with van der Waals surface area (Å²) < 4.78 is 0. The minimum atomic E-state index is -1.13. The lowest BCUT2D eigenvalue weighted by Crippen LogP contribution is -2.47. The molecular weight excluding hydrogens is 272 g/mol. The van der Waals surface area contributed by atoms with Gasteiger partial charge in [0.25, 0.3) is 0 Å². The molecule has 6 nitrogen and oxygen atoms in total. The number of carboxylic acids is 1. The zero-order valence-electron chi connectivity index (χ0n) is 13.1. The van der Waals surface area contributed by atoms with Gasteiger partial charge in [0.2, 0.25) is 11.8 Å². The van der Waals surface area contributed by atoms with Crippen LogP contribution in [-0.4, -0.2) is 40.4 Å². The molecule has 21 heavy (non-hydrogen) atoms. The Labute approximate surface area is 125 Å². The van der Waals surface area contributed by atoms with Gasteiger partial charge in [-0.2, -0.15) is 0 Å². The fourth-order valence-corrected chi connectivity index (χ4v) is 2.75. The smallest absolute Gasteiger partial charge is 0.310 e. The Kier molecular flexibility index (Phi) is 5.75. The summed E-state index contributed by atoms with van der Waals surface area (Å²) in [6.45, 7) is 5.02. The van der Waals surface area contributed by atoms with Crippen LogP contribution in [0.25, 0.3) is 0 Å². The van der Waals surface area contributed by atoms with Crippen molar-refractivity contribution in [1.82, 2.24) is 4.90 Å². The number of primary amides is 1. The first-order valence-electron chi connectivity index (χ1n) is 7.49. The number of hydrogen-bond acceptors (Lipinski definition) is 3. The molecule has 6 heteroatoms. The molecule has 0 aromatic carbocycles. The molecule has 0 spiro atoms. The third-order valence-electron chi connectivity index (χ3n) is 4.69. The summed E-state index contributed by atoms with van der Waals surface area (Å²) in [5, 5.41) is 9.42. The fraction of sp³-hybridized carbons (Fsp3) is 0.800. The maximum Gasteiger partial charge on any atom is 0.310 e. The van der Waals surface area contributed by atoms with Gasteiger partial charge in [0.1, 0.15) is 0 Å². The Morgan fingerprint density at radius 1 is 1.29 bits per heavy atom. The number of carbonyl (C=O) groups is 3. The van der Waals surface area contributed by atoms with Crippen LogP contribution in [0.15, 0.2) is 0 Å². The molecule has 120 valence electrons. The summed E-state index contributed by atoms with van der Waals surface area (Å²) in [5.41, 5.74) is 4.10. The van der Waals surface area contributed by atoms with Crippen LogP contribution in [-0.2, 0) is 14.4 Å². The Balaban J connectivity index is 2.89. The van der Waals surface area contributed by atoms with Crippen LogP contribution in [0.3, 0.4) is 0 Å². The van der Waals surface area contributed by atoms with Crippen molar-refractivity contribution in [2.24, 2.45) is 17.1 Å². The molecule has 1 unspecified atom stereocenters. The van der Waals surface area contributed by atoms with Crippen LogP contribution in [0.5, 0.6) is 0 Å². The lowest BCUT2D eigenvalue weighted by Gasteiger charge is -2.33. The number of aliphatic carboxylic acids is 1. The topological polar surface area (TPSA) is 101 Å². The number of amides is 2. The highest BCUT2D eigenvalue weighted by Crippen LogP contribution is 2.33. The van der Waals surface area contributed by atoms with Crippen LogP contribution < -0.4 is 5.73 Å². The molecule has 0 saturated heterocycles. The van der Waals surface area contributed by atoms with Crippen LogP contribution in [0.1, 0.15) is 52.9 Å². The normalized spacial score (nSPS) is 18.5. The quantitative estimate of drug-likeness (QED) is 0.741. The summed E-state index contributed by atoms with van der Waals surface area (Å²) in [6, 6.07) is 0.00945. The number of nitrogens with two attached hydrogens (primary N) is 1. The van der Waals surface area contributed by atoms with Crippen molar-refractivity contribution >= 4 is 17.8 Å². The van der Waals surface area contributed by atoms with E-state index in [2.05, 4.69) is 0 Å². The van der Waals surface area contributed by atoms with Gasteiger partial charge >= 0.3 is 5.97 Å². The van der Waals surface area contributed by atoms with E-state index in [9.17, 15) is 19.5 Å². The minimum Gasteiger partial charge on any atom is -0.481 e. The molecule has 0 aliphatic heterocycles. The van der Waals surface area contributed by atoms with Crippen molar-refractivity contribution < 1.29 is 19.5 Å². The van der Waals surface area contributed by atoms with Gasteiger partial charge in [0.15, 0.2) is 0 Å². The molecule has 1 aliphatic rings. The van der Waals surface area contributed by atoms with Gasteiger partial charge in [-0.25, -0.2) is 0 Å². The molecule has 1 aliphatic carbocycles. The number of hydrogen-bond donors (Lipinski definition) is 2. The summed E-state index contributed by atoms with van der Waals surface area (Å²) in [6.07, 6.45) is 3.64. The average Bonchev–Trinajstić information content (AvgIpc) is 2.88. The van der Waals surface area contributed by atoms with E-state index >= 15 is 0 Å². The average molecular weight is 298 g/mol. The first kappa shape index (κ1) is 17.5. The molecule has 0 heterocycles. The number of nitrogens with zero attached hydrogens (tertiary/aromatic N) is 1. The third-order valence-corrected chi connectivity index (χ3v) is 4.69. The fourth-order valence-electron chi connectivity index (χ4n) is 2.75. The number of rotatable bonds is 7. The Hall–Kier alpha value is -1.59. The lowest BCUT2D eigenvalue weighted by molar-refractivity contribution is -0.156. The molecule has 0 bridgehead atoms. The summed E-state index contributed by atoms with van der Waals surface area (Å²) in [4.78, 5) is 36.7. The van der Waals surface area contributed by atoms with Gasteiger partial charge in [-0.3, -0.25) is 14.4 Å². The Morgan fingerprint density at radius 2 is 1.81 bits per heavy atom. The number of carboxylic acid groups (broad SMARTS) is 1. The standard InChI is InChI=1S/C15H26N2O4/c1-10(2)15(3,14(20)21)8-13(19)17(9-12(16)18)11-6-4-5-7-11/h10-11H,4-9H2,1-3H3,(H2,16,18)(H,20,21). The molecule has 1 fully saturated rings. The van der Waals surface area contributed by atoms with E-state index in [0.29, 0.717) is 0 Å². The zero-order valence-corrected chi connectivity index (χ0v) is 13.1. The highest BCUT2D eigenvalue weighted by Gasteiger charge is 2.41. The van der Waals surface area contributed by atoms with Crippen LogP contribution in [0.4, 0.5) is 0 Å². The Morgan fingerprint density at radius 3 is 2.19 bits per heavy atom. The van der Waals surface area contributed by atoms with Crippen molar-refractivity contribution in [3.8, 4) is 0 Å².